The van der Waals surface area contributed by atoms with Gasteiger partial charge in [0.25, 0.3) is 0 Å². The number of hydrogen-bond donors (Lipinski definition) is 0. The standard InChI is InChI=1S/C9H9BO/c10-9-5-3-8(4-6-9)2-1-7-11/h1-7H,10H2/b2-1+. The van der Waals surface area contributed by atoms with Crippen molar-refractivity contribution >= 4 is 25.7 Å². The quantitative estimate of drug-likeness (QED) is 0.328. The summed E-state index contributed by atoms with van der Waals surface area (Å²) >= 11 is 0. The van der Waals surface area contributed by atoms with Crippen LogP contribution < -0.4 is 5.46 Å². The number of carbonyl (C=O) groups excluding carboxylic acids is 1. The lowest BCUT2D eigenvalue weighted by Crippen LogP contribution is -1.98. The molecule has 0 spiro atoms. The van der Waals surface area contributed by atoms with Crippen molar-refractivity contribution in [2.24, 2.45) is 0 Å². The Balaban J connectivity index is 2.81. The second-order valence-corrected chi connectivity index (χ2v) is 2.41. The fourth-order valence-electron chi connectivity index (χ4n) is 0.828. The first kappa shape index (κ1) is 7.80. The van der Waals surface area contributed by atoms with Gasteiger partial charge in [-0.15, -0.1) is 0 Å². The van der Waals surface area contributed by atoms with Gasteiger partial charge in [-0.25, -0.2) is 0 Å². The van der Waals surface area contributed by atoms with Crippen LogP contribution in [-0.4, -0.2) is 14.1 Å². The van der Waals surface area contributed by atoms with Crippen LogP contribution in [0.1, 0.15) is 5.56 Å². The first-order valence-electron chi connectivity index (χ1n) is 3.51. The lowest BCUT2D eigenvalue weighted by Gasteiger charge is -1.92. The smallest absolute Gasteiger partial charge is 0.142 e. The van der Waals surface area contributed by atoms with Gasteiger partial charge in [0.1, 0.15) is 14.1 Å². The molecule has 1 aromatic carbocycles. The molecule has 0 aliphatic carbocycles. The second kappa shape index (κ2) is 3.76. The van der Waals surface area contributed by atoms with Gasteiger partial charge in [-0.3, -0.25) is 4.79 Å². The van der Waals surface area contributed by atoms with Gasteiger partial charge in [0.05, 0.1) is 0 Å². The first-order valence-corrected chi connectivity index (χ1v) is 3.51. The topological polar surface area (TPSA) is 17.1 Å². The van der Waals surface area contributed by atoms with Crippen molar-refractivity contribution in [2.75, 3.05) is 0 Å². The number of carbonyl (C=O) groups is 1. The molecule has 1 nitrogen and oxygen atoms in total. The summed E-state index contributed by atoms with van der Waals surface area (Å²) in [6, 6.07) is 8.00. The molecule has 0 bridgehead atoms. The maximum atomic E-state index is 9.96. The summed E-state index contributed by atoms with van der Waals surface area (Å²) in [6.07, 6.45) is 4.05. The van der Waals surface area contributed by atoms with E-state index < -0.39 is 0 Å². The fourth-order valence-corrected chi connectivity index (χ4v) is 0.828. The van der Waals surface area contributed by atoms with E-state index in [9.17, 15) is 4.79 Å². The molecule has 1 aromatic rings. The van der Waals surface area contributed by atoms with Gasteiger partial charge in [0.2, 0.25) is 0 Å². The molecule has 0 fully saturated rings. The molecular weight excluding hydrogens is 135 g/mol. The molecule has 0 amide bonds. The minimum absolute atomic E-state index is 0.778. The van der Waals surface area contributed by atoms with Crippen molar-refractivity contribution in [1.29, 1.82) is 0 Å². The van der Waals surface area contributed by atoms with E-state index in [1.807, 2.05) is 32.1 Å². The molecule has 0 saturated carbocycles. The van der Waals surface area contributed by atoms with Gasteiger partial charge in [-0.1, -0.05) is 35.8 Å². The third-order valence-electron chi connectivity index (χ3n) is 1.44. The highest BCUT2D eigenvalue weighted by Gasteiger charge is 1.84. The van der Waals surface area contributed by atoms with E-state index in [1.165, 1.54) is 11.5 Å². The maximum absolute atomic E-state index is 9.96. The molecule has 1 rings (SSSR count). The molecule has 0 radical (unpaired) electrons. The highest BCUT2D eigenvalue weighted by Crippen LogP contribution is 1.97. The van der Waals surface area contributed by atoms with Crippen LogP contribution in [0.5, 0.6) is 0 Å². The van der Waals surface area contributed by atoms with E-state index >= 15 is 0 Å². The number of hydrogen-bond acceptors (Lipinski definition) is 1. The van der Waals surface area contributed by atoms with E-state index in [0.29, 0.717) is 0 Å². The van der Waals surface area contributed by atoms with E-state index in [4.69, 9.17) is 0 Å². The van der Waals surface area contributed by atoms with E-state index in [2.05, 4.69) is 0 Å². The summed E-state index contributed by atoms with van der Waals surface area (Å²) in [5.74, 6) is 0. The van der Waals surface area contributed by atoms with Gasteiger partial charge in [-0.2, -0.15) is 0 Å². The zero-order chi connectivity index (χ0) is 8.10. The Morgan fingerprint density at radius 2 is 1.82 bits per heavy atom. The second-order valence-electron chi connectivity index (χ2n) is 2.41. The minimum atomic E-state index is 0.778. The Labute approximate surface area is 67.1 Å². The highest BCUT2D eigenvalue weighted by atomic mass is 16.1. The molecule has 0 aliphatic heterocycles. The molecule has 2 heteroatoms. The van der Waals surface area contributed by atoms with Gasteiger partial charge < -0.3 is 0 Å². The molecule has 0 unspecified atom stereocenters. The predicted molar refractivity (Wildman–Crippen MR) is 49.7 cm³/mol. The summed E-state index contributed by atoms with van der Waals surface area (Å²) in [4.78, 5) is 9.96. The molecule has 0 atom stereocenters. The van der Waals surface area contributed by atoms with Gasteiger partial charge in [0, 0.05) is 0 Å². The van der Waals surface area contributed by atoms with E-state index in [0.717, 1.165) is 11.8 Å². The first-order chi connectivity index (χ1) is 5.33. The number of rotatable bonds is 2. The van der Waals surface area contributed by atoms with Crippen molar-refractivity contribution in [3.8, 4) is 0 Å². The van der Waals surface area contributed by atoms with Crippen LogP contribution in [-0.2, 0) is 4.79 Å². The fraction of sp³-hybridized carbons (Fsp3) is 0. The third kappa shape index (κ3) is 2.42. The molecule has 0 aromatic heterocycles. The summed E-state index contributed by atoms with van der Waals surface area (Å²) < 4.78 is 0. The normalized spacial score (nSPS) is 10.2. The Morgan fingerprint density at radius 1 is 1.18 bits per heavy atom. The molecule has 54 valence electrons. The monoisotopic (exact) mass is 144 g/mol. The van der Waals surface area contributed by atoms with E-state index in [1.54, 1.807) is 6.08 Å². The molecule has 0 saturated heterocycles. The van der Waals surface area contributed by atoms with Crippen LogP contribution >= 0.6 is 0 Å². The van der Waals surface area contributed by atoms with Crippen LogP contribution in [0.15, 0.2) is 30.3 Å². The van der Waals surface area contributed by atoms with Crippen LogP contribution in [0, 0.1) is 0 Å². The molecule has 11 heavy (non-hydrogen) atoms. The van der Waals surface area contributed by atoms with E-state index in [-0.39, 0.29) is 0 Å². The van der Waals surface area contributed by atoms with Crippen LogP contribution in [0.2, 0.25) is 0 Å². The number of benzene rings is 1. The largest absolute Gasteiger partial charge is 0.299 e. The van der Waals surface area contributed by atoms with Crippen molar-refractivity contribution in [2.45, 2.75) is 0 Å². The summed E-state index contributed by atoms with van der Waals surface area (Å²) in [5, 5.41) is 0. The Hall–Kier alpha value is -1.31. The van der Waals surface area contributed by atoms with Crippen molar-refractivity contribution in [3.05, 3.63) is 35.9 Å². The molecule has 0 heterocycles. The van der Waals surface area contributed by atoms with Crippen molar-refractivity contribution in [3.63, 3.8) is 0 Å². The molecule has 0 N–H and O–H groups in total. The Kier molecular flexibility index (Phi) is 2.67. The number of allylic oxidation sites excluding steroid dienone is 1. The number of aldehydes is 1. The van der Waals surface area contributed by atoms with Crippen LogP contribution in [0.3, 0.4) is 0 Å². The molecular formula is C9H9BO. The molecule has 0 aliphatic rings. The zero-order valence-electron chi connectivity index (χ0n) is 6.45. The average molecular weight is 144 g/mol. The van der Waals surface area contributed by atoms with Crippen LogP contribution in [0.25, 0.3) is 6.08 Å². The predicted octanol–water partition coefficient (Wildman–Crippen LogP) is 0.157. The van der Waals surface area contributed by atoms with Gasteiger partial charge in [0.15, 0.2) is 0 Å². The third-order valence-corrected chi connectivity index (χ3v) is 1.44. The van der Waals surface area contributed by atoms with Crippen molar-refractivity contribution in [1.82, 2.24) is 0 Å². The summed E-state index contributed by atoms with van der Waals surface area (Å²) in [6.45, 7) is 0. The van der Waals surface area contributed by atoms with Crippen LogP contribution in [0.4, 0.5) is 0 Å². The SMILES string of the molecule is Bc1ccc(/C=C/C=O)cc1. The van der Waals surface area contributed by atoms with Gasteiger partial charge >= 0.3 is 0 Å². The Bertz CT molecular complexity index is 261. The lowest BCUT2D eigenvalue weighted by atomic mass is 9.95. The summed E-state index contributed by atoms with van der Waals surface area (Å²) in [5.41, 5.74) is 2.29. The minimum Gasteiger partial charge on any atom is -0.299 e. The maximum Gasteiger partial charge on any atom is 0.142 e. The van der Waals surface area contributed by atoms with Crippen molar-refractivity contribution < 1.29 is 4.79 Å². The zero-order valence-corrected chi connectivity index (χ0v) is 6.45. The average Bonchev–Trinajstić information content (AvgIpc) is 2.04. The highest BCUT2D eigenvalue weighted by molar-refractivity contribution is 6.32. The summed E-state index contributed by atoms with van der Waals surface area (Å²) in [7, 11) is 2.03. The Morgan fingerprint density at radius 3 is 2.36 bits per heavy atom. The van der Waals surface area contributed by atoms with Gasteiger partial charge in [-0.05, 0) is 11.6 Å². The lowest BCUT2D eigenvalue weighted by molar-refractivity contribution is -0.104.